The van der Waals surface area contributed by atoms with Crippen LogP contribution < -0.4 is 0 Å². The van der Waals surface area contributed by atoms with Crippen LogP contribution in [0.2, 0.25) is 0 Å². The minimum absolute atomic E-state index is 0.0119. The minimum Gasteiger partial charge on any atom is -0.468 e. The van der Waals surface area contributed by atoms with Gasteiger partial charge in [0.25, 0.3) is 0 Å². The molecule has 0 spiro atoms. The summed E-state index contributed by atoms with van der Waals surface area (Å²) in [5.74, 6) is 1.16. The maximum atomic E-state index is 12.9. The van der Waals surface area contributed by atoms with E-state index in [-0.39, 0.29) is 23.6 Å². The Morgan fingerprint density at radius 3 is 2.52 bits per heavy atom. The maximum Gasteiger partial charge on any atom is 0.316 e. The van der Waals surface area contributed by atoms with Crippen LogP contribution in [-0.4, -0.2) is 35.5 Å². The number of methoxy groups -OCH3 is 1. The van der Waals surface area contributed by atoms with Crippen molar-refractivity contribution in [1.29, 1.82) is 0 Å². The number of hydrogen-bond acceptors (Lipinski definition) is 4. The molecule has 0 aromatic carbocycles. The van der Waals surface area contributed by atoms with Gasteiger partial charge in [-0.3, -0.25) is 4.79 Å². The highest BCUT2D eigenvalue weighted by Gasteiger charge is 2.62. The number of carbonyl (C=O) groups is 1. The molecule has 4 heteroatoms. The molecule has 3 fully saturated rings. The summed E-state index contributed by atoms with van der Waals surface area (Å²) in [4.78, 5) is 12.9. The second kappa shape index (κ2) is 7.87. The van der Waals surface area contributed by atoms with Gasteiger partial charge in [0, 0.05) is 0 Å². The molecule has 4 rings (SSSR count). The van der Waals surface area contributed by atoms with Crippen LogP contribution in [0.4, 0.5) is 0 Å². The summed E-state index contributed by atoms with van der Waals surface area (Å²) in [6.07, 6.45) is 9.89. The molecule has 0 aromatic rings. The van der Waals surface area contributed by atoms with Gasteiger partial charge in [0.2, 0.25) is 0 Å². The molecule has 27 heavy (non-hydrogen) atoms. The molecule has 4 aliphatic rings. The zero-order valence-electron chi connectivity index (χ0n) is 17.5. The first kappa shape index (κ1) is 20.9. The first-order chi connectivity index (χ1) is 12.8. The predicted molar refractivity (Wildman–Crippen MR) is 106 cm³/mol. The lowest BCUT2D eigenvalue weighted by Gasteiger charge is -2.57. The summed E-state index contributed by atoms with van der Waals surface area (Å²) in [6.45, 7) is 6.50. The Kier molecular flexibility index (Phi) is 6.08. The molecule has 0 radical (unpaired) electrons. The van der Waals surface area contributed by atoms with E-state index in [0.29, 0.717) is 37.0 Å². The van der Waals surface area contributed by atoms with Gasteiger partial charge in [-0.25, -0.2) is 0 Å². The van der Waals surface area contributed by atoms with E-state index < -0.39 is 5.41 Å². The topological polar surface area (TPSA) is 66.8 Å². The van der Waals surface area contributed by atoms with Crippen molar-refractivity contribution in [3.63, 3.8) is 0 Å². The zero-order chi connectivity index (χ0) is 19.8. The lowest BCUT2D eigenvalue weighted by molar-refractivity contribution is -0.164. The Labute approximate surface area is 164 Å². The summed E-state index contributed by atoms with van der Waals surface area (Å²) in [5, 5.41) is 20.6. The number of rotatable bonds is 1. The molecule has 154 valence electrons. The van der Waals surface area contributed by atoms with Crippen LogP contribution in [0.5, 0.6) is 0 Å². The third-order valence-electron chi connectivity index (χ3n) is 8.11. The van der Waals surface area contributed by atoms with Crippen molar-refractivity contribution in [2.24, 2.45) is 28.6 Å². The lowest BCUT2D eigenvalue weighted by atomic mass is 9.47. The summed E-state index contributed by atoms with van der Waals surface area (Å²) >= 11 is 0. The average Bonchev–Trinajstić information content (AvgIpc) is 2.96. The number of aliphatic hydroxyl groups excluding tert-OH is 2. The molecule has 0 amide bonds. The van der Waals surface area contributed by atoms with Gasteiger partial charge in [0.1, 0.15) is 0 Å². The Hall–Kier alpha value is -0.870. The summed E-state index contributed by atoms with van der Waals surface area (Å²) in [5.41, 5.74) is 0.612. The third-order valence-corrected chi connectivity index (χ3v) is 8.11. The molecule has 0 saturated heterocycles. The smallest absolute Gasteiger partial charge is 0.316 e. The molecule has 0 bridgehead atoms. The first-order valence-electron chi connectivity index (χ1n) is 11.0. The van der Waals surface area contributed by atoms with Crippen LogP contribution in [-0.2, 0) is 9.53 Å². The Morgan fingerprint density at radius 1 is 1.15 bits per heavy atom. The normalized spacial score (nSPS) is 45.4. The fraction of sp³-hybridized carbons (Fsp3) is 0.870. The van der Waals surface area contributed by atoms with E-state index in [9.17, 15) is 15.0 Å². The van der Waals surface area contributed by atoms with Crippen LogP contribution >= 0.6 is 0 Å². The highest BCUT2D eigenvalue weighted by molar-refractivity contribution is 5.82. The largest absolute Gasteiger partial charge is 0.468 e. The predicted octanol–water partition coefficient (Wildman–Crippen LogP) is 4.24. The molecule has 4 nitrogen and oxygen atoms in total. The van der Waals surface area contributed by atoms with Crippen LogP contribution in [0.1, 0.15) is 78.6 Å². The van der Waals surface area contributed by atoms with Crippen molar-refractivity contribution in [3.05, 3.63) is 11.6 Å². The van der Waals surface area contributed by atoms with E-state index in [0.717, 1.165) is 37.7 Å². The van der Waals surface area contributed by atoms with Crippen LogP contribution in [0.3, 0.4) is 0 Å². The van der Waals surface area contributed by atoms with Gasteiger partial charge in [-0.1, -0.05) is 38.8 Å². The molecule has 4 aliphatic carbocycles. The summed E-state index contributed by atoms with van der Waals surface area (Å²) in [7, 11) is 1.50. The number of fused-ring (bicyclic) bond motifs is 5. The second-order valence-corrected chi connectivity index (χ2v) is 9.55. The van der Waals surface area contributed by atoms with Crippen molar-refractivity contribution < 1.29 is 19.7 Å². The van der Waals surface area contributed by atoms with Crippen molar-refractivity contribution in [3.8, 4) is 0 Å². The quantitative estimate of drug-likeness (QED) is 0.529. The standard InChI is InChI=1S/C20H30O4.C3H8/c1-19-9-8-16-14(15(19)5-6-17(19)22)4-3-12-11-13(21)7-10-20(12,16)18(23)24-2;1-3-2/h3,13-17,21-22H,4-11H2,1-2H3;3H2,1-2H3. The van der Waals surface area contributed by atoms with Gasteiger partial charge in [-0.2, -0.15) is 0 Å². The van der Waals surface area contributed by atoms with Gasteiger partial charge < -0.3 is 14.9 Å². The third kappa shape index (κ3) is 3.17. The Bertz CT molecular complexity index is 585. The van der Waals surface area contributed by atoms with Crippen molar-refractivity contribution in [2.45, 2.75) is 90.8 Å². The van der Waals surface area contributed by atoms with Gasteiger partial charge in [-0.15, -0.1) is 0 Å². The summed E-state index contributed by atoms with van der Waals surface area (Å²) < 4.78 is 5.28. The number of hydrogen-bond donors (Lipinski definition) is 2. The van der Waals surface area contributed by atoms with Crippen molar-refractivity contribution in [2.75, 3.05) is 7.11 Å². The SMILES string of the molecule is CCC.COC(=O)C12CCC(O)CC1=CCC1C2CCC2(C)C(O)CCC12. The average molecular weight is 379 g/mol. The highest BCUT2D eigenvalue weighted by atomic mass is 16.5. The van der Waals surface area contributed by atoms with Crippen LogP contribution in [0.15, 0.2) is 11.6 Å². The molecule has 2 N–H and O–H groups in total. The van der Waals surface area contributed by atoms with Crippen molar-refractivity contribution >= 4 is 5.97 Å². The zero-order valence-corrected chi connectivity index (χ0v) is 17.5. The van der Waals surface area contributed by atoms with Gasteiger partial charge in [-0.05, 0) is 74.5 Å². The maximum absolute atomic E-state index is 12.9. The lowest BCUT2D eigenvalue weighted by Crippen LogP contribution is -2.55. The van der Waals surface area contributed by atoms with E-state index in [1.54, 1.807) is 0 Å². The summed E-state index contributed by atoms with van der Waals surface area (Å²) in [6, 6.07) is 0. The van der Waals surface area contributed by atoms with E-state index in [4.69, 9.17) is 4.74 Å². The molecule has 3 saturated carbocycles. The molecule has 7 unspecified atom stereocenters. The number of aliphatic hydroxyl groups is 2. The van der Waals surface area contributed by atoms with E-state index in [1.165, 1.54) is 13.5 Å². The highest BCUT2D eigenvalue weighted by Crippen LogP contribution is 2.65. The van der Waals surface area contributed by atoms with Crippen LogP contribution in [0, 0.1) is 28.6 Å². The Morgan fingerprint density at radius 2 is 1.85 bits per heavy atom. The van der Waals surface area contributed by atoms with Gasteiger partial charge in [0.05, 0.1) is 24.7 Å². The van der Waals surface area contributed by atoms with Gasteiger partial charge in [0.15, 0.2) is 0 Å². The minimum atomic E-state index is -0.522. The number of esters is 1. The number of ether oxygens (including phenoxy) is 1. The number of allylic oxidation sites excluding steroid dienone is 1. The van der Waals surface area contributed by atoms with Crippen molar-refractivity contribution in [1.82, 2.24) is 0 Å². The first-order valence-corrected chi connectivity index (χ1v) is 11.0. The van der Waals surface area contributed by atoms with Gasteiger partial charge >= 0.3 is 5.97 Å². The molecule has 7 atom stereocenters. The Balaban J connectivity index is 0.000000659. The second-order valence-electron chi connectivity index (χ2n) is 9.55. The molecule has 0 aromatic heterocycles. The van der Waals surface area contributed by atoms with E-state index in [2.05, 4.69) is 26.8 Å². The van der Waals surface area contributed by atoms with Crippen LogP contribution in [0.25, 0.3) is 0 Å². The van der Waals surface area contributed by atoms with E-state index >= 15 is 0 Å². The fourth-order valence-electron chi connectivity index (χ4n) is 6.83. The van der Waals surface area contributed by atoms with E-state index in [1.807, 2.05) is 0 Å². The molecule has 0 aliphatic heterocycles. The number of carbonyl (C=O) groups excluding carboxylic acids is 1. The monoisotopic (exact) mass is 378 g/mol. The molecular weight excluding hydrogens is 340 g/mol. The molecular formula is C23H38O4. The molecule has 0 heterocycles. The fourth-order valence-corrected chi connectivity index (χ4v) is 6.83.